The Morgan fingerprint density at radius 3 is 2.38 bits per heavy atom. The lowest BCUT2D eigenvalue weighted by atomic mass is 9.93. The summed E-state index contributed by atoms with van der Waals surface area (Å²) in [6, 6.07) is 14.9. The highest BCUT2D eigenvalue weighted by Gasteiger charge is 2.35. The SMILES string of the molecule is CC1=C(C(N)=O)C(c2ccc(F)cc2)N(c2ccccc2)C(=S)N1. The molecule has 1 aliphatic rings. The van der Waals surface area contributed by atoms with E-state index in [0.29, 0.717) is 16.4 Å². The van der Waals surface area contributed by atoms with Crippen LogP contribution in [0, 0.1) is 5.82 Å². The van der Waals surface area contributed by atoms with Crippen LogP contribution < -0.4 is 16.0 Å². The molecule has 1 amide bonds. The molecule has 122 valence electrons. The molecule has 0 radical (unpaired) electrons. The largest absolute Gasteiger partial charge is 0.366 e. The molecule has 0 fully saturated rings. The molecule has 1 atom stereocenters. The van der Waals surface area contributed by atoms with Gasteiger partial charge < -0.3 is 16.0 Å². The van der Waals surface area contributed by atoms with Crippen LogP contribution in [0.1, 0.15) is 18.5 Å². The van der Waals surface area contributed by atoms with Gasteiger partial charge in [-0.25, -0.2) is 4.39 Å². The van der Waals surface area contributed by atoms with Gasteiger partial charge in [0.1, 0.15) is 5.82 Å². The molecule has 24 heavy (non-hydrogen) atoms. The number of hydrogen-bond donors (Lipinski definition) is 2. The molecule has 3 N–H and O–H groups in total. The highest BCUT2D eigenvalue weighted by molar-refractivity contribution is 7.80. The molecule has 0 spiro atoms. The summed E-state index contributed by atoms with van der Waals surface area (Å²) in [6.07, 6.45) is 0. The second-order valence-electron chi connectivity index (χ2n) is 5.49. The lowest BCUT2D eigenvalue weighted by molar-refractivity contribution is -0.114. The highest BCUT2D eigenvalue weighted by Crippen LogP contribution is 2.36. The summed E-state index contributed by atoms with van der Waals surface area (Å²) in [7, 11) is 0. The number of carbonyl (C=O) groups excluding carboxylic acids is 1. The molecule has 0 saturated carbocycles. The number of amides is 1. The van der Waals surface area contributed by atoms with Crippen molar-refractivity contribution in [1.82, 2.24) is 5.32 Å². The van der Waals surface area contributed by atoms with Crippen molar-refractivity contribution in [3.63, 3.8) is 0 Å². The van der Waals surface area contributed by atoms with Gasteiger partial charge in [-0.1, -0.05) is 30.3 Å². The topological polar surface area (TPSA) is 58.4 Å². The Bertz CT molecular complexity index is 818. The van der Waals surface area contributed by atoms with Crippen LogP contribution >= 0.6 is 12.2 Å². The van der Waals surface area contributed by atoms with Gasteiger partial charge in [0.25, 0.3) is 0 Å². The van der Waals surface area contributed by atoms with Gasteiger partial charge in [-0.05, 0) is 49.0 Å². The van der Waals surface area contributed by atoms with E-state index in [1.165, 1.54) is 12.1 Å². The Morgan fingerprint density at radius 2 is 1.79 bits per heavy atom. The molecule has 1 unspecified atom stereocenters. The third kappa shape index (κ3) is 2.88. The molecule has 0 aromatic heterocycles. The van der Waals surface area contributed by atoms with E-state index < -0.39 is 11.9 Å². The number of nitrogens with zero attached hydrogens (tertiary/aromatic N) is 1. The van der Waals surface area contributed by atoms with Crippen LogP contribution in [-0.4, -0.2) is 11.0 Å². The summed E-state index contributed by atoms with van der Waals surface area (Å²) in [6.45, 7) is 1.76. The Kier molecular flexibility index (Phi) is 4.31. The van der Waals surface area contributed by atoms with Crippen molar-refractivity contribution in [2.75, 3.05) is 4.90 Å². The number of nitrogens with one attached hydrogen (secondary N) is 1. The van der Waals surface area contributed by atoms with Crippen LogP contribution in [0.4, 0.5) is 10.1 Å². The molecular formula is C18H16FN3OS. The normalized spacial score (nSPS) is 17.7. The quantitative estimate of drug-likeness (QED) is 0.843. The van der Waals surface area contributed by atoms with E-state index in [2.05, 4.69) is 5.32 Å². The number of rotatable bonds is 3. The number of hydrogen-bond acceptors (Lipinski definition) is 2. The average Bonchev–Trinajstić information content (AvgIpc) is 2.55. The van der Waals surface area contributed by atoms with Gasteiger partial charge in [0, 0.05) is 11.4 Å². The molecule has 0 saturated heterocycles. The third-order valence-electron chi connectivity index (χ3n) is 3.93. The predicted molar refractivity (Wildman–Crippen MR) is 95.7 cm³/mol. The number of benzene rings is 2. The van der Waals surface area contributed by atoms with E-state index in [-0.39, 0.29) is 5.82 Å². The summed E-state index contributed by atoms with van der Waals surface area (Å²) in [5.41, 5.74) is 8.18. The van der Waals surface area contributed by atoms with E-state index in [0.717, 1.165) is 11.3 Å². The first-order valence-electron chi connectivity index (χ1n) is 7.40. The van der Waals surface area contributed by atoms with Gasteiger partial charge in [0.2, 0.25) is 5.91 Å². The Balaban J connectivity index is 2.20. The summed E-state index contributed by atoms with van der Waals surface area (Å²) in [5.74, 6) is -0.888. The van der Waals surface area contributed by atoms with Gasteiger partial charge in [-0.15, -0.1) is 0 Å². The van der Waals surface area contributed by atoms with Crippen molar-refractivity contribution >= 4 is 28.9 Å². The Hall–Kier alpha value is -2.73. The number of halogens is 1. The lowest BCUT2D eigenvalue weighted by Gasteiger charge is -2.39. The summed E-state index contributed by atoms with van der Waals surface area (Å²) in [4.78, 5) is 13.9. The van der Waals surface area contributed by atoms with Crippen molar-refractivity contribution < 1.29 is 9.18 Å². The van der Waals surface area contributed by atoms with Crippen LogP contribution in [0.15, 0.2) is 65.9 Å². The van der Waals surface area contributed by atoms with Crippen LogP contribution in [0.25, 0.3) is 0 Å². The smallest absolute Gasteiger partial charge is 0.248 e. The van der Waals surface area contributed by atoms with Crippen molar-refractivity contribution in [1.29, 1.82) is 0 Å². The van der Waals surface area contributed by atoms with Gasteiger partial charge in [-0.2, -0.15) is 0 Å². The van der Waals surface area contributed by atoms with Crippen molar-refractivity contribution in [2.24, 2.45) is 5.73 Å². The number of primary amides is 1. The van der Waals surface area contributed by atoms with Crippen molar-refractivity contribution in [3.05, 3.63) is 77.2 Å². The monoisotopic (exact) mass is 341 g/mol. The average molecular weight is 341 g/mol. The Labute approximate surface area is 144 Å². The predicted octanol–water partition coefficient (Wildman–Crippen LogP) is 3.02. The number of carbonyl (C=O) groups is 1. The van der Waals surface area contributed by atoms with Crippen LogP contribution in [0.3, 0.4) is 0 Å². The van der Waals surface area contributed by atoms with E-state index in [1.807, 2.05) is 35.2 Å². The molecule has 1 aliphatic heterocycles. The molecule has 2 aromatic carbocycles. The third-order valence-corrected chi connectivity index (χ3v) is 4.23. The minimum absolute atomic E-state index is 0.345. The van der Waals surface area contributed by atoms with Gasteiger partial charge in [-0.3, -0.25) is 4.79 Å². The van der Waals surface area contributed by atoms with Crippen molar-refractivity contribution in [3.8, 4) is 0 Å². The molecule has 6 heteroatoms. The van der Waals surface area contributed by atoms with E-state index in [1.54, 1.807) is 19.1 Å². The van der Waals surface area contributed by atoms with Gasteiger partial charge >= 0.3 is 0 Å². The van der Waals surface area contributed by atoms with Crippen molar-refractivity contribution in [2.45, 2.75) is 13.0 Å². The molecule has 0 aliphatic carbocycles. The fourth-order valence-electron chi connectivity index (χ4n) is 2.87. The summed E-state index contributed by atoms with van der Waals surface area (Å²) >= 11 is 5.48. The van der Waals surface area contributed by atoms with Gasteiger partial charge in [0.15, 0.2) is 5.11 Å². The molecule has 3 rings (SSSR count). The standard InChI is InChI=1S/C18H16FN3OS/c1-11-15(17(20)23)16(12-7-9-13(19)10-8-12)22(18(24)21-11)14-5-3-2-4-6-14/h2-10,16H,1H3,(H2,20,23)(H,21,24). The maximum absolute atomic E-state index is 13.3. The maximum Gasteiger partial charge on any atom is 0.248 e. The zero-order chi connectivity index (χ0) is 17.3. The maximum atomic E-state index is 13.3. The highest BCUT2D eigenvalue weighted by atomic mass is 32.1. The first-order valence-corrected chi connectivity index (χ1v) is 7.81. The zero-order valence-corrected chi connectivity index (χ0v) is 13.8. The first-order chi connectivity index (χ1) is 11.5. The second kappa shape index (κ2) is 6.41. The van der Waals surface area contributed by atoms with Crippen LogP contribution in [-0.2, 0) is 4.79 Å². The second-order valence-corrected chi connectivity index (χ2v) is 5.88. The fourth-order valence-corrected chi connectivity index (χ4v) is 3.24. The van der Waals surface area contributed by atoms with Crippen LogP contribution in [0.5, 0.6) is 0 Å². The molecule has 2 aromatic rings. The minimum Gasteiger partial charge on any atom is -0.366 e. The fraction of sp³-hybridized carbons (Fsp3) is 0.111. The van der Waals surface area contributed by atoms with Crippen LogP contribution in [0.2, 0.25) is 0 Å². The summed E-state index contributed by atoms with van der Waals surface area (Å²) in [5, 5.41) is 3.49. The number of anilines is 1. The molecule has 1 heterocycles. The zero-order valence-electron chi connectivity index (χ0n) is 13.0. The number of nitrogens with two attached hydrogens (primary N) is 1. The van der Waals surface area contributed by atoms with E-state index >= 15 is 0 Å². The van der Waals surface area contributed by atoms with E-state index in [4.69, 9.17) is 18.0 Å². The number of allylic oxidation sites excluding steroid dienone is 1. The minimum atomic E-state index is -0.544. The lowest BCUT2D eigenvalue weighted by Crippen LogP contribution is -2.49. The van der Waals surface area contributed by atoms with Gasteiger partial charge in [0.05, 0.1) is 11.6 Å². The first kappa shape index (κ1) is 16.1. The Morgan fingerprint density at radius 1 is 1.17 bits per heavy atom. The molecule has 4 nitrogen and oxygen atoms in total. The number of thiocarbonyl (C=S) groups is 1. The molecular weight excluding hydrogens is 325 g/mol. The van der Waals surface area contributed by atoms with E-state index in [9.17, 15) is 9.18 Å². The summed E-state index contributed by atoms with van der Waals surface area (Å²) < 4.78 is 13.3. The molecule has 0 bridgehead atoms. The number of para-hydroxylation sites is 1.